The Morgan fingerprint density at radius 1 is 0.270 bits per heavy atom. The topological polar surface area (TPSA) is 3.24 Å². The average Bonchev–Trinajstić information content (AvgIpc) is 3.65. The fourth-order valence-corrected chi connectivity index (χ4v) is 10.2. The lowest BCUT2D eigenvalue weighted by atomic mass is 9.67. The van der Waals surface area contributed by atoms with Crippen molar-refractivity contribution in [3.05, 3.63) is 282 Å². The number of benzene rings is 10. The normalized spacial score (nSPS) is 12.3. The van der Waals surface area contributed by atoms with Gasteiger partial charge in [0.15, 0.2) is 0 Å². The third-order valence-electron chi connectivity index (χ3n) is 12.7. The van der Waals surface area contributed by atoms with Gasteiger partial charge in [-0.25, -0.2) is 0 Å². The van der Waals surface area contributed by atoms with Crippen LogP contribution in [0.4, 0.5) is 17.1 Å². The number of hydrogen-bond acceptors (Lipinski definition) is 1. The summed E-state index contributed by atoms with van der Waals surface area (Å²) in [5.74, 6) is 0. The largest absolute Gasteiger partial charge is 0.311 e. The van der Waals surface area contributed by atoms with Crippen LogP contribution in [0.5, 0.6) is 0 Å². The molecule has 0 bridgehead atoms. The van der Waals surface area contributed by atoms with E-state index in [2.05, 4.69) is 276 Å². The molecule has 0 heterocycles. The smallest absolute Gasteiger partial charge is 0.0724 e. The number of anilines is 3. The lowest BCUT2D eigenvalue weighted by molar-refractivity contribution is 0.764. The molecule has 0 spiro atoms. The van der Waals surface area contributed by atoms with Crippen molar-refractivity contribution in [1.29, 1.82) is 0 Å². The summed E-state index contributed by atoms with van der Waals surface area (Å²) in [5.41, 5.74) is 19.6. The molecule has 0 N–H and O–H groups in total. The van der Waals surface area contributed by atoms with E-state index < -0.39 is 5.41 Å². The van der Waals surface area contributed by atoms with Crippen LogP contribution >= 0.6 is 15.9 Å². The van der Waals surface area contributed by atoms with Gasteiger partial charge >= 0.3 is 0 Å². The Labute approximate surface area is 378 Å². The second kappa shape index (κ2) is 16.4. The first kappa shape index (κ1) is 38.4. The number of fused-ring (bicyclic) bond motifs is 3. The second-order valence-electron chi connectivity index (χ2n) is 16.2. The van der Waals surface area contributed by atoms with E-state index in [1.165, 1.54) is 77.9 Å². The second-order valence-corrected chi connectivity index (χ2v) is 17.0. The first-order valence-electron chi connectivity index (χ1n) is 21.5. The van der Waals surface area contributed by atoms with Crippen LogP contribution in [0.1, 0.15) is 22.3 Å². The van der Waals surface area contributed by atoms with Crippen LogP contribution in [0.3, 0.4) is 0 Å². The summed E-state index contributed by atoms with van der Waals surface area (Å²) in [6, 6.07) is 92.8. The highest BCUT2D eigenvalue weighted by Crippen LogP contribution is 2.59. The van der Waals surface area contributed by atoms with Gasteiger partial charge in [-0.05, 0) is 132 Å². The van der Waals surface area contributed by atoms with Gasteiger partial charge in [-0.1, -0.05) is 216 Å². The van der Waals surface area contributed by atoms with Crippen molar-refractivity contribution >= 4 is 33.0 Å². The quantitative estimate of drug-likeness (QED) is 0.140. The van der Waals surface area contributed by atoms with E-state index in [9.17, 15) is 0 Å². The van der Waals surface area contributed by atoms with Crippen molar-refractivity contribution in [3.8, 4) is 55.6 Å². The van der Waals surface area contributed by atoms with Gasteiger partial charge in [0, 0.05) is 21.5 Å². The maximum atomic E-state index is 4.11. The highest BCUT2D eigenvalue weighted by atomic mass is 79.9. The van der Waals surface area contributed by atoms with Gasteiger partial charge in [-0.3, -0.25) is 0 Å². The van der Waals surface area contributed by atoms with E-state index >= 15 is 0 Å². The van der Waals surface area contributed by atoms with E-state index in [0.29, 0.717) is 0 Å². The standard InChI is InChI=1S/C61H42BrN/c62-60-24-14-13-23-57(60)61(58-41-49(45-19-9-3-10-20-45)29-39-55(58)56-40-30-50(42-59(56)61)46-21-11-4-12-22-46)51-31-37-54(38-32-51)63(52-33-25-47(26-34-52)43-15-5-1-6-16-43)53-35-27-48(28-36-53)44-17-7-2-8-18-44/h1-42H. The SMILES string of the molecule is Brc1ccccc1C1(c2ccc(N(c3ccc(-c4ccccc4)cc3)c3ccc(-c4ccccc4)cc3)cc2)c2cc(-c3ccccc3)ccc2-c2ccc(-c3ccccc3)cc21. The Kier molecular flexibility index (Phi) is 10.00. The van der Waals surface area contributed by atoms with Crippen molar-refractivity contribution in [2.24, 2.45) is 0 Å². The van der Waals surface area contributed by atoms with Gasteiger partial charge in [0.05, 0.1) is 5.41 Å². The maximum absolute atomic E-state index is 4.11. The Morgan fingerprint density at radius 3 is 0.984 bits per heavy atom. The zero-order chi connectivity index (χ0) is 42.2. The van der Waals surface area contributed by atoms with E-state index in [1.54, 1.807) is 0 Å². The molecule has 0 aromatic heterocycles. The Bertz CT molecular complexity index is 3010. The number of rotatable bonds is 9. The van der Waals surface area contributed by atoms with Crippen LogP contribution in [0.25, 0.3) is 55.6 Å². The third-order valence-corrected chi connectivity index (χ3v) is 13.3. The fourth-order valence-electron chi connectivity index (χ4n) is 9.64. The van der Waals surface area contributed by atoms with Crippen molar-refractivity contribution in [2.75, 3.05) is 4.90 Å². The van der Waals surface area contributed by atoms with E-state index in [0.717, 1.165) is 21.5 Å². The molecule has 63 heavy (non-hydrogen) atoms. The van der Waals surface area contributed by atoms with Crippen molar-refractivity contribution in [2.45, 2.75) is 5.41 Å². The lowest BCUT2D eigenvalue weighted by Crippen LogP contribution is -2.29. The van der Waals surface area contributed by atoms with Crippen LogP contribution in [-0.4, -0.2) is 0 Å². The van der Waals surface area contributed by atoms with Gasteiger partial charge in [0.1, 0.15) is 0 Å². The maximum Gasteiger partial charge on any atom is 0.0724 e. The first-order chi connectivity index (χ1) is 31.1. The summed E-state index contributed by atoms with van der Waals surface area (Å²) in [5, 5.41) is 0. The molecule has 1 aliphatic carbocycles. The zero-order valence-corrected chi connectivity index (χ0v) is 36.2. The minimum absolute atomic E-state index is 0.641. The summed E-state index contributed by atoms with van der Waals surface area (Å²) < 4.78 is 1.07. The molecule has 2 heteroatoms. The van der Waals surface area contributed by atoms with Gasteiger partial charge in [0.2, 0.25) is 0 Å². The molecule has 0 atom stereocenters. The Balaban J connectivity index is 1.11. The van der Waals surface area contributed by atoms with Gasteiger partial charge in [-0.2, -0.15) is 0 Å². The molecule has 10 aromatic carbocycles. The summed E-state index contributed by atoms with van der Waals surface area (Å²) in [6.07, 6.45) is 0. The third kappa shape index (κ3) is 6.90. The number of nitrogens with zero attached hydrogens (tertiary/aromatic N) is 1. The number of halogens is 1. The minimum Gasteiger partial charge on any atom is -0.311 e. The predicted octanol–water partition coefficient (Wildman–Crippen LogP) is 16.9. The molecule has 0 radical (unpaired) electrons. The fraction of sp³-hybridized carbons (Fsp3) is 0.0164. The molecule has 0 amide bonds. The van der Waals surface area contributed by atoms with E-state index in [4.69, 9.17) is 0 Å². The summed E-state index contributed by atoms with van der Waals surface area (Å²) in [6.45, 7) is 0. The highest BCUT2D eigenvalue weighted by molar-refractivity contribution is 9.10. The molecule has 1 nitrogen and oxygen atoms in total. The Hall–Kier alpha value is -7.52. The zero-order valence-electron chi connectivity index (χ0n) is 34.6. The molecule has 0 saturated heterocycles. The van der Waals surface area contributed by atoms with E-state index in [-0.39, 0.29) is 0 Å². The first-order valence-corrected chi connectivity index (χ1v) is 22.3. The van der Waals surface area contributed by atoms with Crippen LogP contribution < -0.4 is 4.90 Å². The molecular weight excluding hydrogens is 827 g/mol. The minimum atomic E-state index is -0.641. The van der Waals surface area contributed by atoms with E-state index in [1.807, 2.05) is 0 Å². The molecule has 298 valence electrons. The van der Waals surface area contributed by atoms with Gasteiger partial charge < -0.3 is 4.90 Å². The van der Waals surface area contributed by atoms with Crippen LogP contribution in [0.15, 0.2) is 259 Å². The summed E-state index contributed by atoms with van der Waals surface area (Å²) in [4.78, 5) is 2.37. The predicted molar refractivity (Wildman–Crippen MR) is 268 cm³/mol. The van der Waals surface area contributed by atoms with Crippen LogP contribution in [0.2, 0.25) is 0 Å². The van der Waals surface area contributed by atoms with Gasteiger partial charge in [0.25, 0.3) is 0 Å². The molecule has 11 rings (SSSR count). The van der Waals surface area contributed by atoms with Crippen LogP contribution in [0, 0.1) is 0 Å². The molecule has 0 aliphatic heterocycles. The molecular formula is C61H42BrN. The highest BCUT2D eigenvalue weighted by Gasteiger charge is 2.47. The molecule has 1 aliphatic rings. The van der Waals surface area contributed by atoms with Crippen LogP contribution in [-0.2, 0) is 5.41 Å². The summed E-state index contributed by atoms with van der Waals surface area (Å²) in [7, 11) is 0. The average molecular weight is 869 g/mol. The Morgan fingerprint density at radius 2 is 0.587 bits per heavy atom. The van der Waals surface area contributed by atoms with Crippen molar-refractivity contribution in [3.63, 3.8) is 0 Å². The monoisotopic (exact) mass is 867 g/mol. The molecule has 0 unspecified atom stereocenters. The van der Waals surface area contributed by atoms with Gasteiger partial charge in [-0.15, -0.1) is 0 Å². The molecule has 10 aromatic rings. The number of hydrogen-bond donors (Lipinski definition) is 0. The van der Waals surface area contributed by atoms with Crippen molar-refractivity contribution < 1.29 is 0 Å². The summed E-state index contributed by atoms with van der Waals surface area (Å²) >= 11 is 4.11. The lowest BCUT2D eigenvalue weighted by Gasteiger charge is -2.35. The molecule has 0 saturated carbocycles. The molecule has 0 fully saturated rings. The van der Waals surface area contributed by atoms with Crippen molar-refractivity contribution in [1.82, 2.24) is 0 Å².